The lowest BCUT2D eigenvalue weighted by molar-refractivity contribution is -0.317. The van der Waals surface area contributed by atoms with Crippen molar-refractivity contribution >= 4 is 17.9 Å². The first-order valence-electron chi connectivity index (χ1n) is 20.1. The van der Waals surface area contributed by atoms with Crippen LogP contribution in [0, 0.1) is 17.8 Å². The van der Waals surface area contributed by atoms with E-state index in [-0.39, 0.29) is 25.0 Å². The van der Waals surface area contributed by atoms with Crippen LogP contribution in [-0.2, 0) is 57.0 Å². The van der Waals surface area contributed by atoms with Crippen LogP contribution >= 0.6 is 0 Å². The number of fused-ring (bicyclic) bond motifs is 2. The normalized spacial score (nSPS) is 42.5. The molecule has 17 atom stereocenters. The maximum atomic E-state index is 14.6. The number of rotatable bonds is 11. The fourth-order valence-corrected chi connectivity index (χ4v) is 9.51. The number of ether oxygens (including phenoxy) is 9. The molecule has 0 saturated carbocycles. The Kier molecular flexibility index (Phi) is 14.8. The summed E-state index contributed by atoms with van der Waals surface area (Å²) in [6.45, 7) is 20.6. The van der Waals surface area contributed by atoms with Gasteiger partial charge >= 0.3 is 17.9 Å². The van der Waals surface area contributed by atoms with Gasteiger partial charge in [-0.1, -0.05) is 20.8 Å². The Morgan fingerprint density at radius 1 is 1.02 bits per heavy atom. The van der Waals surface area contributed by atoms with Crippen LogP contribution in [0.25, 0.3) is 0 Å². The number of esters is 3. The van der Waals surface area contributed by atoms with E-state index < -0.39 is 108 Å². The zero-order valence-electron chi connectivity index (χ0n) is 36.2. The highest BCUT2D eigenvalue weighted by atomic mass is 16.7. The molecule has 2 bridgehead atoms. The number of carbonyl (C=O) groups is 3. The molecule has 0 spiro atoms. The molecule has 322 valence electrons. The fourth-order valence-electron chi connectivity index (χ4n) is 9.51. The quantitative estimate of drug-likeness (QED) is 0.226. The second-order valence-electron chi connectivity index (χ2n) is 17.5. The molecule has 4 heterocycles. The Balaban J connectivity index is 1.85. The van der Waals surface area contributed by atoms with Gasteiger partial charge < -0.3 is 57.7 Å². The highest BCUT2D eigenvalue weighted by Gasteiger charge is 2.57. The first kappa shape index (κ1) is 46.3. The molecule has 2 unspecified atom stereocenters. The van der Waals surface area contributed by atoms with Gasteiger partial charge in [0.15, 0.2) is 18.7 Å². The van der Waals surface area contributed by atoms with E-state index in [2.05, 4.69) is 0 Å². The Bertz CT molecular complexity index is 1440. The molecule has 56 heavy (non-hydrogen) atoms. The smallest absolute Gasteiger partial charge is 0.311 e. The standard InChI is InChI=1S/C41H69NO14/c1-16-29(51-26(8)43)41(12,47)35-22(4)32-20(2)18-40(11,56-32)34(55-38-31(45)28(42(13)14)17-21(3)49-38)23(5)33(24(6)37(46)54-35)53-30-19-39(10,48-15)36(25(7)50-30)52-27(9)44/h21-25,28-31,33-36,38,45,47H,16-19H2,1-15H3/t21-,22-,23+,24-,25+,28+,29-,30?,31-,33+,34-,35-,36+,38?,39-,40-,41-/m1/s1. The predicted molar refractivity (Wildman–Crippen MR) is 203 cm³/mol. The minimum atomic E-state index is -1.85. The number of nitrogens with zero attached hydrogens (tertiary/aromatic N) is 1. The Morgan fingerprint density at radius 2 is 1.66 bits per heavy atom. The highest BCUT2D eigenvalue weighted by Crippen LogP contribution is 2.48. The molecule has 0 aromatic carbocycles. The van der Waals surface area contributed by atoms with E-state index in [0.29, 0.717) is 18.6 Å². The SMILES string of the molecule is CC[C@@H](OC(C)=O)[C@@](C)(O)[C@@H]1OC(=O)[C@H](C)[C@@H](OC2C[C@@](C)(OC)[C@@H](OC(C)=O)[C@H](C)O2)[C@H](C)[C@@H](OC2O[C@H](C)C[C@H](N(C)C)[C@H]2O)[C@@]2(C)CC(C)=C(O2)[C@H]1C. The van der Waals surface area contributed by atoms with Gasteiger partial charge in [-0.2, -0.15) is 0 Å². The molecule has 0 amide bonds. The van der Waals surface area contributed by atoms with E-state index in [1.54, 1.807) is 20.8 Å². The van der Waals surface area contributed by atoms with Crippen LogP contribution in [0.4, 0.5) is 0 Å². The maximum Gasteiger partial charge on any atom is 0.311 e. The molecule has 3 saturated heterocycles. The van der Waals surface area contributed by atoms with Crippen LogP contribution in [0.15, 0.2) is 11.3 Å². The van der Waals surface area contributed by atoms with Crippen LogP contribution in [-0.4, -0.2) is 138 Å². The second kappa shape index (κ2) is 17.9. The van der Waals surface area contributed by atoms with Crippen molar-refractivity contribution in [3.05, 3.63) is 11.3 Å². The van der Waals surface area contributed by atoms with Crippen molar-refractivity contribution in [2.24, 2.45) is 17.8 Å². The summed E-state index contributed by atoms with van der Waals surface area (Å²) in [7, 11) is 5.33. The van der Waals surface area contributed by atoms with Crippen molar-refractivity contribution in [2.45, 2.75) is 193 Å². The average Bonchev–Trinajstić information content (AvgIpc) is 3.42. The largest absolute Gasteiger partial charge is 0.488 e. The number of cyclic esters (lactones) is 1. The van der Waals surface area contributed by atoms with Crippen LogP contribution in [0.2, 0.25) is 0 Å². The number of aliphatic hydroxyl groups is 2. The summed E-state index contributed by atoms with van der Waals surface area (Å²) >= 11 is 0. The summed E-state index contributed by atoms with van der Waals surface area (Å²) in [5.41, 5.74) is -3.09. The number of aliphatic hydroxyl groups excluding tert-OH is 1. The summed E-state index contributed by atoms with van der Waals surface area (Å²) in [6.07, 6.45) is -7.31. The lowest BCUT2D eigenvalue weighted by atomic mass is 9.78. The summed E-state index contributed by atoms with van der Waals surface area (Å²) in [6, 6.07) is -0.253. The lowest BCUT2D eigenvalue weighted by Gasteiger charge is -2.49. The number of likely N-dealkylation sites (N-methyl/N-ethyl adjacent to an activating group) is 1. The Hall–Kier alpha value is -2.37. The minimum absolute atomic E-state index is 0.141. The van der Waals surface area contributed by atoms with Gasteiger partial charge in [0.05, 0.1) is 30.1 Å². The van der Waals surface area contributed by atoms with Gasteiger partial charge in [-0.05, 0) is 81.0 Å². The van der Waals surface area contributed by atoms with E-state index in [1.165, 1.54) is 27.9 Å². The van der Waals surface area contributed by atoms with Crippen molar-refractivity contribution in [1.29, 1.82) is 0 Å². The highest BCUT2D eigenvalue weighted by molar-refractivity contribution is 5.73. The van der Waals surface area contributed by atoms with E-state index >= 15 is 0 Å². The third kappa shape index (κ3) is 9.56. The van der Waals surface area contributed by atoms with Crippen molar-refractivity contribution < 1.29 is 67.2 Å². The first-order valence-corrected chi connectivity index (χ1v) is 20.1. The average molecular weight is 800 g/mol. The molecule has 15 heteroatoms. The molecular formula is C41H69NO14. The molecule has 0 aromatic heterocycles. The molecule has 3 fully saturated rings. The monoisotopic (exact) mass is 799 g/mol. The Morgan fingerprint density at radius 3 is 2.21 bits per heavy atom. The zero-order valence-corrected chi connectivity index (χ0v) is 36.2. The van der Waals surface area contributed by atoms with Crippen LogP contribution in [0.5, 0.6) is 0 Å². The number of hydrogen-bond acceptors (Lipinski definition) is 15. The van der Waals surface area contributed by atoms with Gasteiger partial charge in [0.1, 0.15) is 47.0 Å². The molecule has 0 aliphatic carbocycles. The predicted octanol–water partition coefficient (Wildman–Crippen LogP) is 4.03. The summed E-state index contributed by atoms with van der Waals surface area (Å²) in [5, 5.41) is 23.9. The Labute approximate surface area is 332 Å². The third-order valence-corrected chi connectivity index (χ3v) is 12.5. The van der Waals surface area contributed by atoms with Crippen molar-refractivity contribution in [3.8, 4) is 0 Å². The van der Waals surface area contributed by atoms with Gasteiger partial charge in [-0.25, -0.2) is 0 Å². The van der Waals surface area contributed by atoms with Crippen molar-refractivity contribution in [2.75, 3.05) is 21.2 Å². The maximum absolute atomic E-state index is 14.6. The lowest BCUT2D eigenvalue weighted by Crippen LogP contribution is -2.60. The van der Waals surface area contributed by atoms with Crippen molar-refractivity contribution in [3.63, 3.8) is 0 Å². The fraction of sp³-hybridized carbons (Fsp3) is 0.878. The zero-order chi connectivity index (χ0) is 42.2. The number of hydrogen-bond donors (Lipinski definition) is 2. The second-order valence-corrected chi connectivity index (χ2v) is 17.5. The van der Waals surface area contributed by atoms with Gasteiger partial charge in [-0.3, -0.25) is 14.4 Å². The van der Waals surface area contributed by atoms with Gasteiger partial charge in [0.2, 0.25) is 0 Å². The molecule has 4 aliphatic rings. The summed E-state index contributed by atoms with van der Waals surface area (Å²) in [5.74, 6) is -3.56. The third-order valence-electron chi connectivity index (χ3n) is 12.5. The number of carbonyl (C=O) groups excluding carboxylic acids is 3. The minimum Gasteiger partial charge on any atom is -0.488 e. The van der Waals surface area contributed by atoms with E-state index in [9.17, 15) is 24.6 Å². The van der Waals surface area contributed by atoms with Crippen LogP contribution in [0.1, 0.15) is 109 Å². The molecule has 15 nitrogen and oxygen atoms in total. The van der Waals surface area contributed by atoms with E-state index in [4.69, 9.17) is 42.6 Å². The topological polar surface area (TPSA) is 178 Å². The van der Waals surface area contributed by atoms with Crippen molar-refractivity contribution in [1.82, 2.24) is 4.90 Å². The first-order chi connectivity index (χ1) is 25.9. The number of methoxy groups -OCH3 is 1. The van der Waals surface area contributed by atoms with Gasteiger partial charge in [-0.15, -0.1) is 0 Å². The molecular weight excluding hydrogens is 730 g/mol. The molecule has 4 aliphatic heterocycles. The molecule has 0 radical (unpaired) electrons. The van der Waals surface area contributed by atoms with E-state index in [1.807, 2.05) is 60.5 Å². The summed E-state index contributed by atoms with van der Waals surface area (Å²) in [4.78, 5) is 40.8. The van der Waals surface area contributed by atoms with E-state index in [0.717, 1.165) is 5.57 Å². The van der Waals surface area contributed by atoms with Crippen LogP contribution < -0.4 is 0 Å². The molecule has 0 aromatic rings. The van der Waals surface area contributed by atoms with Crippen LogP contribution in [0.3, 0.4) is 0 Å². The van der Waals surface area contributed by atoms with Gasteiger partial charge in [0, 0.05) is 45.8 Å². The molecule has 2 N–H and O–H groups in total. The summed E-state index contributed by atoms with van der Waals surface area (Å²) < 4.78 is 56.9. The molecule has 4 rings (SSSR count). The van der Waals surface area contributed by atoms with Gasteiger partial charge in [0.25, 0.3) is 0 Å².